The lowest BCUT2D eigenvalue weighted by Gasteiger charge is -2.11. The van der Waals surface area contributed by atoms with E-state index in [-0.39, 0.29) is 5.75 Å². The Kier molecular flexibility index (Phi) is 4.88. The molecule has 20 heavy (non-hydrogen) atoms. The normalized spacial score (nSPS) is 10.6. The third-order valence-electron chi connectivity index (χ3n) is 3.07. The second-order valence-corrected chi connectivity index (χ2v) is 5.14. The lowest BCUT2D eigenvalue weighted by Crippen LogP contribution is -2.13. The van der Waals surface area contributed by atoms with Gasteiger partial charge >= 0.3 is 0 Å². The van der Waals surface area contributed by atoms with Gasteiger partial charge in [-0.3, -0.25) is 0 Å². The average molecular weight is 292 g/mol. The summed E-state index contributed by atoms with van der Waals surface area (Å²) in [7, 11) is 1.51. The number of halogens is 1. The first-order valence-corrected chi connectivity index (χ1v) is 6.79. The molecular weight excluding hydrogens is 274 g/mol. The van der Waals surface area contributed by atoms with Gasteiger partial charge in [0.15, 0.2) is 11.5 Å². The van der Waals surface area contributed by atoms with E-state index in [9.17, 15) is 5.11 Å². The summed E-state index contributed by atoms with van der Waals surface area (Å²) in [5.74, 6) is 0.526. The van der Waals surface area contributed by atoms with Gasteiger partial charge in [0.1, 0.15) is 0 Å². The summed E-state index contributed by atoms with van der Waals surface area (Å²) >= 11 is 6.00. The monoisotopic (exact) mass is 291 g/mol. The van der Waals surface area contributed by atoms with E-state index in [4.69, 9.17) is 16.3 Å². The highest BCUT2D eigenvalue weighted by atomic mass is 35.5. The van der Waals surface area contributed by atoms with E-state index >= 15 is 0 Å². The third-order valence-corrected chi connectivity index (χ3v) is 3.28. The molecule has 0 unspecified atom stereocenters. The van der Waals surface area contributed by atoms with Gasteiger partial charge in [-0.1, -0.05) is 41.4 Å². The first kappa shape index (κ1) is 14.7. The van der Waals surface area contributed by atoms with Crippen molar-refractivity contribution in [3.05, 3.63) is 58.1 Å². The van der Waals surface area contributed by atoms with Gasteiger partial charge in [-0.15, -0.1) is 0 Å². The molecule has 2 aromatic rings. The molecule has 0 heterocycles. The second-order valence-electron chi connectivity index (χ2n) is 4.71. The van der Waals surface area contributed by atoms with Crippen LogP contribution in [0.5, 0.6) is 11.5 Å². The first-order valence-electron chi connectivity index (χ1n) is 6.42. The van der Waals surface area contributed by atoms with Crippen LogP contribution in [0.1, 0.15) is 16.7 Å². The Morgan fingerprint density at radius 1 is 1.20 bits per heavy atom. The number of ether oxygens (including phenoxy) is 1. The predicted molar refractivity (Wildman–Crippen MR) is 81.4 cm³/mol. The van der Waals surface area contributed by atoms with E-state index in [2.05, 4.69) is 30.4 Å². The fourth-order valence-electron chi connectivity index (χ4n) is 2.08. The lowest BCUT2D eigenvalue weighted by atomic mass is 10.1. The molecule has 0 aliphatic heterocycles. The van der Waals surface area contributed by atoms with Crippen molar-refractivity contribution in [1.29, 1.82) is 0 Å². The number of methoxy groups -OCH3 is 1. The number of aromatic hydroxyl groups is 1. The Balaban J connectivity index is 2.02. The molecule has 4 heteroatoms. The molecule has 0 bridgehead atoms. The number of benzene rings is 2. The van der Waals surface area contributed by atoms with Crippen LogP contribution in [0.15, 0.2) is 36.4 Å². The third kappa shape index (κ3) is 3.65. The van der Waals surface area contributed by atoms with Gasteiger partial charge < -0.3 is 15.2 Å². The Labute approximate surface area is 124 Å². The number of nitrogens with one attached hydrogen (secondary N) is 1. The number of phenolic OH excluding ortho intramolecular Hbond substituents is 1. The summed E-state index contributed by atoms with van der Waals surface area (Å²) in [5.41, 5.74) is 3.16. The van der Waals surface area contributed by atoms with Crippen LogP contribution in [0.3, 0.4) is 0 Å². The van der Waals surface area contributed by atoms with E-state index in [1.54, 1.807) is 12.1 Å². The van der Waals surface area contributed by atoms with Gasteiger partial charge in [-0.05, 0) is 18.6 Å². The quantitative estimate of drug-likeness (QED) is 0.883. The molecule has 2 N–H and O–H groups in total. The second kappa shape index (κ2) is 6.64. The van der Waals surface area contributed by atoms with Crippen molar-refractivity contribution in [3.8, 4) is 11.5 Å². The van der Waals surface area contributed by atoms with E-state index in [0.29, 0.717) is 17.3 Å². The summed E-state index contributed by atoms with van der Waals surface area (Å²) in [6, 6.07) is 11.6. The fraction of sp³-hybridized carbons (Fsp3) is 0.250. The van der Waals surface area contributed by atoms with E-state index in [1.165, 1.54) is 18.2 Å². The molecule has 3 nitrogen and oxygen atoms in total. The maximum atomic E-state index is 10.0. The molecular formula is C16H18ClNO2. The van der Waals surface area contributed by atoms with Crippen LogP contribution >= 0.6 is 11.6 Å². The van der Waals surface area contributed by atoms with Gasteiger partial charge in [0.25, 0.3) is 0 Å². The van der Waals surface area contributed by atoms with Gasteiger partial charge in [-0.25, -0.2) is 0 Å². The maximum absolute atomic E-state index is 10.0. The molecule has 0 spiro atoms. The SMILES string of the molecule is COc1cc(Cl)cc(CNCc2cccc(C)c2)c1O. The van der Waals surface area contributed by atoms with E-state index < -0.39 is 0 Å². The standard InChI is InChI=1S/C16H18ClNO2/c1-11-4-3-5-12(6-11)9-18-10-13-7-14(17)8-15(20-2)16(13)19/h3-8,18-19H,9-10H2,1-2H3. The van der Waals surface area contributed by atoms with Crippen LogP contribution < -0.4 is 10.1 Å². The topological polar surface area (TPSA) is 41.5 Å². The maximum Gasteiger partial charge on any atom is 0.162 e. The zero-order chi connectivity index (χ0) is 14.5. The highest BCUT2D eigenvalue weighted by molar-refractivity contribution is 6.30. The minimum atomic E-state index is 0.133. The van der Waals surface area contributed by atoms with E-state index in [0.717, 1.165) is 12.1 Å². The van der Waals surface area contributed by atoms with Crippen molar-refractivity contribution >= 4 is 11.6 Å². The average Bonchev–Trinajstić information content (AvgIpc) is 2.42. The Hall–Kier alpha value is -1.71. The molecule has 0 aliphatic rings. The highest BCUT2D eigenvalue weighted by Crippen LogP contribution is 2.33. The molecule has 0 saturated carbocycles. The Bertz CT molecular complexity index is 599. The number of hydrogen-bond donors (Lipinski definition) is 2. The van der Waals surface area contributed by atoms with Crippen molar-refractivity contribution in [2.45, 2.75) is 20.0 Å². The number of aryl methyl sites for hydroxylation is 1. The molecule has 0 saturated heterocycles. The van der Waals surface area contributed by atoms with Crippen molar-refractivity contribution in [1.82, 2.24) is 5.32 Å². The van der Waals surface area contributed by atoms with Gasteiger partial charge in [0.05, 0.1) is 7.11 Å². The van der Waals surface area contributed by atoms with Crippen molar-refractivity contribution < 1.29 is 9.84 Å². The summed E-state index contributed by atoms with van der Waals surface area (Å²) < 4.78 is 5.08. The van der Waals surface area contributed by atoms with Gasteiger partial charge in [0, 0.05) is 29.7 Å². The summed E-state index contributed by atoms with van der Waals surface area (Å²) in [6.45, 7) is 3.32. The molecule has 0 radical (unpaired) electrons. The molecule has 0 aromatic heterocycles. The van der Waals surface area contributed by atoms with Gasteiger partial charge in [-0.2, -0.15) is 0 Å². The smallest absolute Gasteiger partial charge is 0.162 e. The van der Waals surface area contributed by atoms with Crippen LogP contribution in [-0.4, -0.2) is 12.2 Å². The molecule has 0 fully saturated rings. The summed E-state index contributed by atoms with van der Waals surface area (Å²) in [4.78, 5) is 0. The minimum absolute atomic E-state index is 0.133. The van der Waals surface area contributed by atoms with Crippen LogP contribution in [-0.2, 0) is 13.1 Å². The molecule has 0 aliphatic carbocycles. The minimum Gasteiger partial charge on any atom is -0.504 e. The van der Waals surface area contributed by atoms with Crippen molar-refractivity contribution in [3.63, 3.8) is 0 Å². The highest BCUT2D eigenvalue weighted by Gasteiger charge is 2.09. The lowest BCUT2D eigenvalue weighted by molar-refractivity contribution is 0.369. The number of hydrogen-bond acceptors (Lipinski definition) is 3. The molecule has 0 amide bonds. The number of phenols is 1. The zero-order valence-electron chi connectivity index (χ0n) is 11.6. The van der Waals surface area contributed by atoms with Crippen LogP contribution in [0.25, 0.3) is 0 Å². The molecule has 106 valence electrons. The van der Waals surface area contributed by atoms with Crippen LogP contribution in [0.2, 0.25) is 5.02 Å². The Morgan fingerprint density at radius 3 is 2.70 bits per heavy atom. The molecule has 0 atom stereocenters. The first-order chi connectivity index (χ1) is 9.60. The van der Waals surface area contributed by atoms with Crippen molar-refractivity contribution in [2.75, 3.05) is 7.11 Å². The van der Waals surface area contributed by atoms with E-state index in [1.807, 2.05) is 6.07 Å². The molecule has 2 rings (SSSR count). The predicted octanol–water partition coefficient (Wildman–Crippen LogP) is 3.65. The largest absolute Gasteiger partial charge is 0.504 e. The fourth-order valence-corrected chi connectivity index (χ4v) is 2.31. The van der Waals surface area contributed by atoms with Crippen LogP contribution in [0.4, 0.5) is 0 Å². The number of rotatable bonds is 5. The van der Waals surface area contributed by atoms with Crippen LogP contribution in [0, 0.1) is 6.92 Å². The van der Waals surface area contributed by atoms with Gasteiger partial charge in [0.2, 0.25) is 0 Å². The summed E-state index contributed by atoms with van der Waals surface area (Å²) in [6.07, 6.45) is 0. The zero-order valence-corrected chi connectivity index (χ0v) is 12.4. The Morgan fingerprint density at radius 2 is 2.00 bits per heavy atom. The summed E-state index contributed by atoms with van der Waals surface area (Å²) in [5, 5.41) is 13.9. The van der Waals surface area contributed by atoms with Crippen molar-refractivity contribution in [2.24, 2.45) is 0 Å². The molecule has 2 aromatic carbocycles.